The minimum absolute atomic E-state index is 0.996. The fourth-order valence-corrected chi connectivity index (χ4v) is 3.08. The SMILES string of the molecule is CCC1=C(C)N(C)CN1Cc1ccc2ccccc2c1. The summed E-state index contributed by atoms with van der Waals surface area (Å²) in [6.45, 7) is 6.46. The molecule has 2 heteroatoms. The molecule has 1 heterocycles. The normalized spacial score (nSPS) is 15.6. The Labute approximate surface area is 121 Å². The molecule has 0 atom stereocenters. The van der Waals surface area contributed by atoms with Crippen LogP contribution in [-0.4, -0.2) is 23.5 Å². The van der Waals surface area contributed by atoms with Crippen LogP contribution in [0, 0.1) is 0 Å². The van der Waals surface area contributed by atoms with Crippen LogP contribution in [0.5, 0.6) is 0 Å². The van der Waals surface area contributed by atoms with E-state index in [2.05, 4.69) is 73.2 Å². The summed E-state index contributed by atoms with van der Waals surface area (Å²) in [7, 11) is 2.17. The van der Waals surface area contributed by atoms with Crippen LogP contribution in [0.2, 0.25) is 0 Å². The molecule has 2 nitrogen and oxygen atoms in total. The van der Waals surface area contributed by atoms with Crippen LogP contribution in [0.15, 0.2) is 53.9 Å². The summed E-state index contributed by atoms with van der Waals surface area (Å²) in [5.41, 5.74) is 4.27. The van der Waals surface area contributed by atoms with Gasteiger partial charge in [0.15, 0.2) is 0 Å². The van der Waals surface area contributed by atoms with Crippen molar-refractivity contribution in [1.29, 1.82) is 0 Å². The second-order valence-electron chi connectivity index (χ2n) is 5.60. The third-order valence-corrected chi connectivity index (χ3v) is 4.28. The van der Waals surface area contributed by atoms with Crippen LogP contribution in [0.4, 0.5) is 0 Å². The van der Waals surface area contributed by atoms with Crippen LogP contribution < -0.4 is 0 Å². The number of benzene rings is 2. The summed E-state index contributed by atoms with van der Waals surface area (Å²) in [4.78, 5) is 4.82. The predicted molar refractivity (Wildman–Crippen MR) is 85.1 cm³/mol. The average molecular weight is 266 g/mol. The molecule has 3 rings (SSSR count). The highest BCUT2D eigenvalue weighted by Gasteiger charge is 2.22. The fraction of sp³-hybridized carbons (Fsp3) is 0.333. The van der Waals surface area contributed by atoms with Crippen molar-refractivity contribution in [3.63, 3.8) is 0 Å². The Hall–Kier alpha value is -1.96. The Bertz CT molecular complexity index is 657. The first-order chi connectivity index (χ1) is 9.69. The molecule has 1 aliphatic heterocycles. The third-order valence-electron chi connectivity index (χ3n) is 4.28. The third kappa shape index (κ3) is 2.26. The first-order valence-electron chi connectivity index (χ1n) is 7.32. The molecule has 0 amide bonds. The van der Waals surface area contributed by atoms with Crippen LogP contribution >= 0.6 is 0 Å². The van der Waals surface area contributed by atoms with Gasteiger partial charge in [-0.05, 0) is 35.7 Å². The van der Waals surface area contributed by atoms with Crippen molar-refractivity contribution in [3.05, 3.63) is 59.4 Å². The zero-order valence-electron chi connectivity index (χ0n) is 12.6. The number of fused-ring (bicyclic) bond motifs is 1. The lowest BCUT2D eigenvalue weighted by Crippen LogP contribution is -2.24. The van der Waals surface area contributed by atoms with Crippen molar-refractivity contribution < 1.29 is 0 Å². The van der Waals surface area contributed by atoms with Crippen LogP contribution in [0.25, 0.3) is 10.8 Å². The number of nitrogens with zero attached hydrogens (tertiary/aromatic N) is 2. The minimum Gasteiger partial charge on any atom is -0.359 e. The van der Waals surface area contributed by atoms with E-state index in [9.17, 15) is 0 Å². The molecule has 20 heavy (non-hydrogen) atoms. The standard InChI is InChI=1S/C18H22N2/c1-4-18-14(2)19(3)13-20(18)12-15-9-10-16-7-5-6-8-17(16)11-15/h5-11H,4,12-13H2,1-3H3. The summed E-state index contributed by atoms with van der Waals surface area (Å²) < 4.78 is 0. The summed E-state index contributed by atoms with van der Waals surface area (Å²) in [5, 5.41) is 2.65. The molecule has 0 bridgehead atoms. The van der Waals surface area contributed by atoms with Gasteiger partial charge in [0.05, 0.1) is 6.67 Å². The average Bonchev–Trinajstić information content (AvgIpc) is 2.73. The second-order valence-corrected chi connectivity index (χ2v) is 5.60. The lowest BCUT2D eigenvalue weighted by molar-refractivity contribution is 0.267. The molecule has 1 aliphatic rings. The monoisotopic (exact) mass is 266 g/mol. The Morgan fingerprint density at radius 1 is 1.05 bits per heavy atom. The molecule has 0 unspecified atom stereocenters. The quantitative estimate of drug-likeness (QED) is 0.822. The predicted octanol–water partition coefficient (Wildman–Crippen LogP) is 4.19. The lowest BCUT2D eigenvalue weighted by atomic mass is 10.1. The Morgan fingerprint density at radius 2 is 1.80 bits per heavy atom. The van der Waals surface area contributed by atoms with Gasteiger partial charge in [-0.2, -0.15) is 0 Å². The second kappa shape index (κ2) is 5.20. The van der Waals surface area contributed by atoms with Crippen molar-refractivity contribution in [2.24, 2.45) is 0 Å². The van der Waals surface area contributed by atoms with Crippen molar-refractivity contribution in [2.45, 2.75) is 26.8 Å². The summed E-state index contributed by atoms with van der Waals surface area (Å²) in [6.07, 6.45) is 1.10. The number of hydrogen-bond acceptors (Lipinski definition) is 2. The highest BCUT2D eigenvalue weighted by Crippen LogP contribution is 2.27. The molecule has 0 radical (unpaired) electrons. The number of hydrogen-bond donors (Lipinski definition) is 0. The first kappa shape index (κ1) is 13.0. The van der Waals surface area contributed by atoms with Gasteiger partial charge in [0.25, 0.3) is 0 Å². The maximum absolute atomic E-state index is 2.49. The van der Waals surface area contributed by atoms with Gasteiger partial charge in [0, 0.05) is 25.0 Å². The van der Waals surface area contributed by atoms with E-state index in [1.165, 1.54) is 27.7 Å². The van der Waals surface area contributed by atoms with Gasteiger partial charge in [-0.15, -0.1) is 0 Å². The van der Waals surface area contributed by atoms with E-state index in [0.717, 1.165) is 19.6 Å². The molecule has 0 saturated carbocycles. The summed E-state index contributed by atoms with van der Waals surface area (Å²) in [5.74, 6) is 0. The van der Waals surface area contributed by atoms with E-state index in [1.54, 1.807) is 0 Å². The summed E-state index contributed by atoms with van der Waals surface area (Å²) in [6, 6.07) is 15.4. The minimum atomic E-state index is 0.996. The largest absolute Gasteiger partial charge is 0.359 e. The summed E-state index contributed by atoms with van der Waals surface area (Å²) >= 11 is 0. The maximum atomic E-state index is 2.49. The zero-order chi connectivity index (χ0) is 14.1. The number of rotatable bonds is 3. The molecule has 104 valence electrons. The molecule has 2 aromatic rings. The molecule has 0 N–H and O–H groups in total. The Balaban J connectivity index is 1.86. The van der Waals surface area contributed by atoms with Gasteiger partial charge in [-0.25, -0.2) is 0 Å². The van der Waals surface area contributed by atoms with Crippen molar-refractivity contribution in [2.75, 3.05) is 13.7 Å². The van der Waals surface area contributed by atoms with Crippen molar-refractivity contribution in [3.8, 4) is 0 Å². The Morgan fingerprint density at radius 3 is 2.55 bits per heavy atom. The van der Waals surface area contributed by atoms with Gasteiger partial charge in [0.2, 0.25) is 0 Å². The van der Waals surface area contributed by atoms with Crippen LogP contribution in [0.3, 0.4) is 0 Å². The molecular weight excluding hydrogens is 244 g/mol. The first-order valence-corrected chi connectivity index (χ1v) is 7.32. The highest BCUT2D eigenvalue weighted by molar-refractivity contribution is 5.82. The lowest BCUT2D eigenvalue weighted by Gasteiger charge is -2.22. The highest BCUT2D eigenvalue weighted by atomic mass is 15.4. The molecular formula is C18H22N2. The van der Waals surface area contributed by atoms with Crippen LogP contribution in [0.1, 0.15) is 25.8 Å². The topological polar surface area (TPSA) is 6.48 Å². The molecule has 0 aromatic heterocycles. The van der Waals surface area contributed by atoms with E-state index in [-0.39, 0.29) is 0 Å². The molecule has 0 spiro atoms. The zero-order valence-corrected chi connectivity index (χ0v) is 12.6. The van der Waals surface area contributed by atoms with E-state index in [1.807, 2.05) is 0 Å². The molecule has 0 fully saturated rings. The van der Waals surface area contributed by atoms with Gasteiger partial charge in [-0.1, -0.05) is 43.3 Å². The number of allylic oxidation sites excluding steroid dienone is 2. The molecule has 2 aromatic carbocycles. The molecule has 0 aliphatic carbocycles. The maximum Gasteiger partial charge on any atom is 0.0898 e. The van der Waals surface area contributed by atoms with Crippen LogP contribution in [-0.2, 0) is 6.54 Å². The van der Waals surface area contributed by atoms with E-state index in [4.69, 9.17) is 0 Å². The molecule has 0 saturated heterocycles. The van der Waals surface area contributed by atoms with E-state index < -0.39 is 0 Å². The Kier molecular flexibility index (Phi) is 3.39. The van der Waals surface area contributed by atoms with E-state index >= 15 is 0 Å². The van der Waals surface area contributed by atoms with Gasteiger partial charge in [-0.3, -0.25) is 0 Å². The van der Waals surface area contributed by atoms with Crippen molar-refractivity contribution in [1.82, 2.24) is 9.80 Å². The van der Waals surface area contributed by atoms with Gasteiger partial charge in [0.1, 0.15) is 0 Å². The van der Waals surface area contributed by atoms with Gasteiger partial charge >= 0.3 is 0 Å². The van der Waals surface area contributed by atoms with Crippen molar-refractivity contribution >= 4 is 10.8 Å². The van der Waals surface area contributed by atoms with Gasteiger partial charge < -0.3 is 9.80 Å². The van der Waals surface area contributed by atoms with E-state index in [0.29, 0.717) is 0 Å². The fourth-order valence-electron chi connectivity index (χ4n) is 3.08. The smallest absolute Gasteiger partial charge is 0.0898 e.